The fourth-order valence-electron chi connectivity index (χ4n) is 2.11. The van der Waals surface area contributed by atoms with Crippen molar-refractivity contribution in [3.63, 3.8) is 0 Å². The van der Waals surface area contributed by atoms with Gasteiger partial charge in [-0.15, -0.1) is 11.6 Å². The lowest BCUT2D eigenvalue weighted by atomic mass is 9.97. The Hall–Kier alpha value is -2.07. The van der Waals surface area contributed by atoms with Gasteiger partial charge in [-0.3, -0.25) is 9.78 Å². The van der Waals surface area contributed by atoms with Gasteiger partial charge in [-0.05, 0) is 36.2 Å². The predicted octanol–water partition coefficient (Wildman–Crippen LogP) is 2.90. The Kier molecular flexibility index (Phi) is 4.25. The van der Waals surface area contributed by atoms with Crippen molar-refractivity contribution < 1.29 is 9.53 Å². The molecule has 0 saturated carbocycles. The zero-order valence-corrected chi connectivity index (χ0v) is 12.1. The Morgan fingerprint density at radius 3 is 2.50 bits per heavy atom. The number of nitrogens with zero attached hydrogens (tertiary/aromatic N) is 1. The predicted molar refractivity (Wildman–Crippen MR) is 79.0 cm³/mol. The molecule has 2 aromatic rings. The Bertz CT molecular complexity index is 639. The molecule has 20 heavy (non-hydrogen) atoms. The fourth-order valence-corrected chi connectivity index (χ4v) is 2.25. The molecule has 104 valence electrons. The summed E-state index contributed by atoms with van der Waals surface area (Å²) in [5, 5.41) is 0. The van der Waals surface area contributed by atoms with Crippen LogP contribution in [0.5, 0.6) is 5.75 Å². The maximum absolute atomic E-state index is 11.7. The van der Waals surface area contributed by atoms with Crippen LogP contribution in [0.25, 0.3) is 11.1 Å². The minimum atomic E-state index is -0.498. The minimum Gasteiger partial charge on any atom is -0.497 e. The number of hydrogen-bond acceptors (Lipinski definition) is 3. The van der Waals surface area contributed by atoms with Gasteiger partial charge in [-0.25, -0.2) is 0 Å². The molecule has 4 nitrogen and oxygen atoms in total. The number of aromatic nitrogens is 1. The smallest absolute Gasteiger partial charge is 0.251 e. The number of pyridine rings is 1. The maximum Gasteiger partial charge on any atom is 0.251 e. The van der Waals surface area contributed by atoms with E-state index in [1.54, 1.807) is 20.1 Å². The van der Waals surface area contributed by atoms with Crippen molar-refractivity contribution in [2.45, 2.75) is 12.8 Å². The zero-order chi connectivity index (χ0) is 14.7. The van der Waals surface area contributed by atoms with E-state index in [2.05, 4.69) is 4.98 Å². The first kappa shape index (κ1) is 14.3. The lowest BCUT2D eigenvalue weighted by Gasteiger charge is -2.12. The molecule has 1 amide bonds. The van der Waals surface area contributed by atoms with Crippen LogP contribution in [-0.2, 0) is 5.88 Å². The van der Waals surface area contributed by atoms with Crippen LogP contribution in [0.15, 0.2) is 30.3 Å². The molecule has 0 radical (unpaired) electrons. The van der Waals surface area contributed by atoms with E-state index in [9.17, 15) is 4.79 Å². The number of benzene rings is 1. The van der Waals surface area contributed by atoms with Crippen LogP contribution in [0.2, 0.25) is 0 Å². The van der Waals surface area contributed by atoms with Gasteiger partial charge in [0.25, 0.3) is 5.91 Å². The minimum absolute atomic E-state index is 0.281. The van der Waals surface area contributed by atoms with Crippen LogP contribution in [0.3, 0.4) is 0 Å². The molecule has 0 unspecified atom stereocenters. The molecule has 0 fully saturated rings. The lowest BCUT2D eigenvalue weighted by Crippen LogP contribution is -2.16. The second-order valence-corrected chi connectivity index (χ2v) is 4.62. The Balaban J connectivity index is 2.63. The van der Waals surface area contributed by atoms with Gasteiger partial charge in [0.05, 0.1) is 29.9 Å². The summed E-state index contributed by atoms with van der Waals surface area (Å²) in [5.74, 6) is 0.530. The van der Waals surface area contributed by atoms with Crippen molar-refractivity contribution in [1.82, 2.24) is 4.98 Å². The summed E-state index contributed by atoms with van der Waals surface area (Å²) < 4.78 is 5.13. The Labute approximate surface area is 122 Å². The van der Waals surface area contributed by atoms with E-state index in [4.69, 9.17) is 22.1 Å². The molecule has 5 heteroatoms. The maximum atomic E-state index is 11.7. The van der Waals surface area contributed by atoms with Crippen LogP contribution in [0.1, 0.15) is 21.7 Å². The third kappa shape index (κ3) is 2.75. The van der Waals surface area contributed by atoms with Crippen molar-refractivity contribution in [3.05, 3.63) is 47.3 Å². The summed E-state index contributed by atoms with van der Waals surface area (Å²) in [6, 6.07) is 9.20. The lowest BCUT2D eigenvalue weighted by molar-refractivity contribution is 0.1000. The number of hydrogen-bond donors (Lipinski definition) is 1. The average molecular weight is 291 g/mol. The molecule has 0 atom stereocenters. The van der Waals surface area contributed by atoms with Crippen LogP contribution in [0.4, 0.5) is 0 Å². The fraction of sp³-hybridized carbons (Fsp3) is 0.200. The SMILES string of the molecule is COc1ccc(-c2cc(CCl)nc(C)c2C(N)=O)cc1. The molecule has 2 N–H and O–H groups in total. The number of rotatable bonds is 4. The first-order chi connectivity index (χ1) is 9.56. The number of amides is 1. The average Bonchev–Trinajstić information content (AvgIpc) is 2.46. The van der Waals surface area contributed by atoms with Crippen LogP contribution >= 0.6 is 11.6 Å². The molecule has 0 saturated heterocycles. The zero-order valence-electron chi connectivity index (χ0n) is 11.3. The van der Waals surface area contributed by atoms with E-state index in [0.717, 1.165) is 16.9 Å². The summed E-state index contributed by atoms with van der Waals surface area (Å²) in [7, 11) is 1.60. The van der Waals surface area contributed by atoms with Gasteiger partial charge in [0.2, 0.25) is 0 Å². The van der Waals surface area contributed by atoms with Crippen molar-refractivity contribution in [3.8, 4) is 16.9 Å². The third-order valence-electron chi connectivity index (χ3n) is 3.04. The first-order valence-electron chi connectivity index (χ1n) is 6.07. The van der Waals surface area contributed by atoms with Gasteiger partial charge in [-0.2, -0.15) is 0 Å². The summed E-state index contributed by atoms with van der Waals surface area (Å²) in [6.07, 6.45) is 0. The molecule has 0 aliphatic rings. The van der Waals surface area contributed by atoms with Gasteiger partial charge in [0.1, 0.15) is 5.75 Å². The van der Waals surface area contributed by atoms with E-state index >= 15 is 0 Å². The highest BCUT2D eigenvalue weighted by Crippen LogP contribution is 2.28. The highest BCUT2D eigenvalue weighted by atomic mass is 35.5. The summed E-state index contributed by atoms with van der Waals surface area (Å²) >= 11 is 5.84. The van der Waals surface area contributed by atoms with E-state index in [1.165, 1.54) is 0 Å². The highest BCUT2D eigenvalue weighted by Gasteiger charge is 2.15. The summed E-state index contributed by atoms with van der Waals surface area (Å²) in [4.78, 5) is 15.9. The van der Waals surface area contributed by atoms with Crippen molar-refractivity contribution in [1.29, 1.82) is 0 Å². The molecule has 0 aliphatic carbocycles. The van der Waals surface area contributed by atoms with Crippen LogP contribution in [-0.4, -0.2) is 18.0 Å². The molecular weight excluding hydrogens is 276 g/mol. The van der Waals surface area contributed by atoms with Crippen molar-refractivity contribution in [2.75, 3.05) is 7.11 Å². The monoisotopic (exact) mass is 290 g/mol. The molecule has 0 bridgehead atoms. The second-order valence-electron chi connectivity index (χ2n) is 4.35. The number of primary amides is 1. The van der Waals surface area contributed by atoms with Gasteiger partial charge < -0.3 is 10.5 Å². The normalized spacial score (nSPS) is 10.3. The van der Waals surface area contributed by atoms with Gasteiger partial charge in [0.15, 0.2) is 0 Å². The number of halogens is 1. The number of ether oxygens (including phenoxy) is 1. The quantitative estimate of drug-likeness (QED) is 0.881. The number of methoxy groups -OCH3 is 1. The molecule has 1 aromatic heterocycles. The molecule has 1 aromatic carbocycles. The summed E-state index contributed by atoms with van der Waals surface area (Å²) in [5.41, 5.74) is 8.79. The van der Waals surface area contributed by atoms with E-state index in [1.807, 2.05) is 24.3 Å². The topological polar surface area (TPSA) is 65.2 Å². The van der Waals surface area contributed by atoms with Crippen LogP contribution < -0.4 is 10.5 Å². The summed E-state index contributed by atoms with van der Waals surface area (Å²) in [6.45, 7) is 1.75. The second kappa shape index (κ2) is 5.92. The third-order valence-corrected chi connectivity index (χ3v) is 3.31. The number of aryl methyl sites for hydroxylation is 1. The Morgan fingerprint density at radius 1 is 1.35 bits per heavy atom. The molecular formula is C15H15ClN2O2. The van der Waals surface area contributed by atoms with Gasteiger partial charge in [0, 0.05) is 0 Å². The number of alkyl halides is 1. The van der Waals surface area contributed by atoms with E-state index < -0.39 is 5.91 Å². The largest absolute Gasteiger partial charge is 0.497 e. The molecule has 0 spiro atoms. The first-order valence-corrected chi connectivity index (χ1v) is 6.61. The molecule has 0 aliphatic heterocycles. The highest BCUT2D eigenvalue weighted by molar-refractivity contribution is 6.17. The number of carbonyl (C=O) groups excluding carboxylic acids is 1. The molecule has 2 rings (SSSR count). The van der Waals surface area contributed by atoms with Gasteiger partial charge in [-0.1, -0.05) is 12.1 Å². The number of carbonyl (C=O) groups is 1. The van der Waals surface area contributed by atoms with E-state index in [0.29, 0.717) is 17.0 Å². The van der Waals surface area contributed by atoms with Crippen molar-refractivity contribution in [2.24, 2.45) is 5.73 Å². The Morgan fingerprint density at radius 2 is 2.00 bits per heavy atom. The standard InChI is InChI=1S/C15H15ClN2O2/c1-9-14(15(17)19)13(7-11(8-16)18-9)10-3-5-12(20-2)6-4-10/h3-7H,8H2,1-2H3,(H2,17,19). The van der Waals surface area contributed by atoms with E-state index in [-0.39, 0.29) is 5.88 Å². The molecule has 1 heterocycles. The van der Waals surface area contributed by atoms with Gasteiger partial charge >= 0.3 is 0 Å². The number of nitrogens with two attached hydrogens (primary N) is 1. The van der Waals surface area contributed by atoms with Crippen LogP contribution in [0, 0.1) is 6.92 Å². The van der Waals surface area contributed by atoms with Crippen molar-refractivity contribution >= 4 is 17.5 Å².